The number of pyridine rings is 1. The average molecular weight is 302 g/mol. The van der Waals surface area contributed by atoms with Gasteiger partial charge in [0, 0.05) is 38.4 Å². The molecule has 4 heteroatoms. The third-order valence-electron chi connectivity index (χ3n) is 5.15. The van der Waals surface area contributed by atoms with E-state index in [0.29, 0.717) is 6.04 Å². The largest absolute Gasteiger partial charge is 0.354 e. The molecular formula is C18H30N4. The maximum absolute atomic E-state index is 4.77. The Balaban J connectivity index is 1.63. The van der Waals surface area contributed by atoms with Crippen LogP contribution in [0.25, 0.3) is 0 Å². The van der Waals surface area contributed by atoms with E-state index in [1.54, 1.807) is 0 Å². The quantitative estimate of drug-likeness (QED) is 0.834. The fourth-order valence-electron chi connectivity index (χ4n) is 3.65. The first-order chi connectivity index (χ1) is 10.8. The number of hydrogen-bond donors (Lipinski definition) is 0. The van der Waals surface area contributed by atoms with E-state index >= 15 is 0 Å². The predicted octanol–water partition coefficient (Wildman–Crippen LogP) is 2.77. The fourth-order valence-corrected chi connectivity index (χ4v) is 3.65. The van der Waals surface area contributed by atoms with Crippen LogP contribution in [0.4, 0.5) is 5.82 Å². The summed E-state index contributed by atoms with van der Waals surface area (Å²) in [4.78, 5) is 12.2. The third-order valence-corrected chi connectivity index (χ3v) is 5.15. The fraction of sp³-hybridized carbons (Fsp3) is 0.722. The van der Waals surface area contributed by atoms with Gasteiger partial charge in [-0.3, -0.25) is 4.90 Å². The van der Waals surface area contributed by atoms with Gasteiger partial charge < -0.3 is 9.80 Å². The van der Waals surface area contributed by atoms with Crippen LogP contribution in [0.15, 0.2) is 18.3 Å². The van der Waals surface area contributed by atoms with Crippen molar-refractivity contribution in [2.45, 2.75) is 38.6 Å². The molecule has 1 aromatic rings. The van der Waals surface area contributed by atoms with E-state index in [0.717, 1.165) is 32.0 Å². The van der Waals surface area contributed by atoms with Crippen molar-refractivity contribution in [3.8, 4) is 0 Å². The summed E-state index contributed by atoms with van der Waals surface area (Å²) < 4.78 is 0. The molecule has 0 radical (unpaired) electrons. The van der Waals surface area contributed by atoms with Crippen LogP contribution < -0.4 is 4.90 Å². The summed E-state index contributed by atoms with van der Waals surface area (Å²) in [5.41, 5.74) is 1.41. The van der Waals surface area contributed by atoms with Crippen molar-refractivity contribution in [1.29, 1.82) is 0 Å². The molecule has 22 heavy (non-hydrogen) atoms. The van der Waals surface area contributed by atoms with Crippen LogP contribution in [0.5, 0.6) is 0 Å². The standard InChI is InChI=1S/C18H30N4/c1-3-4-9-21-10-5-6-17(21)16-7-8-18(19-15-16)22-13-11-20(2)12-14-22/h7-8,15,17H,3-6,9-14H2,1-2H3/t17-/m1/s1. The van der Waals surface area contributed by atoms with Crippen LogP contribution in [0.3, 0.4) is 0 Å². The first kappa shape index (κ1) is 15.8. The summed E-state index contributed by atoms with van der Waals surface area (Å²) in [6.45, 7) is 9.22. The lowest BCUT2D eigenvalue weighted by Crippen LogP contribution is -2.44. The molecule has 2 saturated heterocycles. The molecule has 2 fully saturated rings. The van der Waals surface area contributed by atoms with Gasteiger partial charge in [-0.15, -0.1) is 0 Å². The number of piperazine rings is 1. The summed E-state index contributed by atoms with van der Waals surface area (Å²) in [6, 6.07) is 5.15. The molecule has 2 aliphatic rings. The van der Waals surface area contributed by atoms with Gasteiger partial charge in [0.1, 0.15) is 5.82 Å². The lowest BCUT2D eigenvalue weighted by Gasteiger charge is -2.33. The molecule has 1 atom stereocenters. The number of hydrogen-bond acceptors (Lipinski definition) is 4. The molecule has 122 valence electrons. The van der Waals surface area contributed by atoms with Gasteiger partial charge in [-0.1, -0.05) is 19.4 Å². The molecule has 0 aliphatic carbocycles. The van der Waals surface area contributed by atoms with E-state index in [-0.39, 0.29) is 0 Å². The normalized spacial score (nSPS) is 24.1. The van der Waals surface area contributed by atoms with Crippen LogP contribution in [0.2, 0.25) is 0 Å². The lowest BCUT2D eigenvalue weighted by atomic mass is 10.1. The molecule has 1 aromatic heterocycles. The van der Waals surface area contributed by atoms with Crippen molar-refractivity contribution < 1.29 is 0 Å². The maximum atomic E-state index is 4.77. The zero-order valence-corrected chi connectivity index (χ0v) is 14.2. The molecule has 0 unspecified atom stereocenters. The minimum Gasteiger partial charge on any atom is -0.354 e. The smallest absolute Gasteiger partial charge is 0.128 e. The summed E-state index contributed by atoms with van der Waals surface area (Å²) in [7, 11) is 2.19. The Morgan fingerprint density at radius 2 is 1.95 bits per heavy atom. The first-order valence-corrected chi connectivity index (χ1v) is 8.91. The van der Waals surface area contributed by atoms with Crippen LogP contribution in [0.1, 0.15) is 44.2 Å². The minimum absolute atomic E-state index is 0.598. The molecule has 2 aliphatic heterocycles. The van der Waals surface area contributed by atoms with Gasteiger partial charge in [0.05, 0.1) is 0 Å². The van der Waals surface area contributed by atoms with Crippen molar-refractivity contribution in [2.75, 3.05) is 51.2 Å². The van der Waals surface area contributed by atoms with Crippen LogP contribution >= 0.6 is 0 Å². The van der Waals surface area contributed by atoms with E-state index in [1.165, 1.54) is 44.3 Å². The summed E-state index contributed by atoms with van der Waals surface area (Å²) in [5.74, 6) is 1.15. The van der Waals surface area contributed by atoms with Gasteiger partial charge in [0.25, 0.3) is 0 Å². The monoisotopic (exact) mass is 302 g/mol. The lowest BCUT2D eigenvalue weighted by molar-refractivity contribution is 0.253. The number of anilines is 1. The summed E-state index contributed by atoms with van der Waals surface area (Å²) >= 11 is 0. The highest BCUT2D eigenvalue weighted by Crippen LogP contribution is 2.32. The Hall–Kier alpha value is -1.13. The van der Waals surface area contributed by atoms with E-state index in [4.69, 9.17) is 4.98 Å². The van der Waals surface area contributed by atoms with Gasteiger partial charge in [0.15, 0.2) is 0 Å². The van der Waals surface area contributed by atoms with Crippen LogP contribution in [0, 0.1) is 0 Å². The summed E-state index contributed by atoms with van der Waals surface area (Å²) in [5, 5.41) is 0. The van der Waals surface area contributed by atoms with Crippen molar-refractivity contribution in [3.05, 3.63) is 23.9 Å². The van der Waals surface area contributed by atoms with E-state index in [9.17, 15) is 0 Å². The van der Waals surface area contributed by atoms with Crippen molar-refractivity contribution in [1.82, 2.24) is 14.8 Å². The second-order valence-electron chi connectivity index (χ2n) is 6.79. The SMILES string of the molecule is CCCCN1CCC[C@@H]1c1ccc(N2CCN(C)CC2)nc1. The Bertz CT molecular complexity index is 451. The number of likely N-dealkylation sites (N-methyl/N-ethyl adjacent to an activating group) is 1. The van der Waals surface area contributed by atoms with E-state index in [1.807, 2.05) is 0 Å². The second-order valence-corrected chi connectivity index (χ2v) is 6.79. The highest BCUT2D eigenvalue weighted by atomic mass is 15.3. The summed E-state index contributed by atoms with van der Waals surface area (Å²) in [6.07, 6.45) is 7.34. The van der Waals surface area contributed by atoms with Gasteiger partial charge in [-0.2, -0.15) is 0 Å². The van der Waals surface area contributed by atoms with Gasteiger partial charge in [0.2, 0.25) is 0 Å². The third kappa shape index (κ3) is 3.61. The second kappa shape index (κ2) is 7.42. The Morgan fingerprint density at radius 1 is 1.14 bits per heavy atom. The van der Waals surface area contributed by atoms with Gasteiger partial charge in [-0.25, -0.2) is 4.98 Å². The Kier molecular flexibility index (Phi) is 5.32. The zero-order valence-electron chi connectivity index (χ0n) is 14.2. The molecule has 3 rings (SSSR count). The molecule has 0 bridgehead atoms. The van der Waals surface area contributed by atoms with Gasteiger partial charge >= 0.3 is 0 Å². The minimum atomic E-state index is 0.598. The van der Waals surface area contributed by atoms with Gasteiger partial charge in [-0.05, 0) is 51.0 Å². The number of aromatic nitrogens is 1. The highest BCUT2D eigenvalue weighted by molar-refractivity contribution is 5.40. The van der Waals surface area contributed by atoms with Crippen molar-refractivity contribution in [3.63, 3.8) is 0 Å². The van der Waals surface area contributed by atoms with Crippen molar-refractivity contribution >= 4 is 5.82 Å². The molecule has 0 N–H and O–H groups in total. The highest BCUT2D eigenvalue weighted by Gasteiger charge is 2.25. The average Bonchev–Trinajstić information content (AvgIpc) is 3.02. The van der Waals surface area contributed by atoms with Crippen molar-refractivity contribution in [2.24, 2.45) is 0 Å². The number of unbranched alkanes of at least 4 members (excludes halogenated alkanes) is 1. The van der Waals surface area contributed by atoms with Crippen LogP contribution in [-0.4, -0.2) is 61.1 Å². The Labute approximate surface area is 135 Å². The molecule has 4 nitrogen and oxygen atoms in total. The predicted molar refractivity (Wildman–Crippen MR) is 92.4 cm³/mol. The Morgan fingerprint density at radius 3 is 2.64 bits per heavy atom. The van der Waals surface area contributed by atoms with E-state index < -0.39 is 0 Å². The number of likely N-dealkylation sites (tertiary alicyclic amines) is 1. The molecule has 0 aromatic carbocycles. The molecule has 3 heterocycles. The topological polar surface area (TPSA) is 22.6 Å². The van der Waals surface area contributed by atoms with Crippen LogP contribution in [-0.2, 0) is 0 Å². The molecule has 0 spiro atoms. The first-order valence-electron chi connectivity index (χ1n) is 8.91. The number of rotatable bonds is 5. The molecule has 0 amide bonds. The molecule has 0 saturated carbocycles. The number of nitrogens with zero attached hydrogens (tertiary/aromatic N) is 4. The molecular weight excluding hydrogens is 272 g/mol. The maximum Gasteiger partial charge on any atom is 0.128 e. The zero-order chi connectivity index (χ0) is 15.4. The van der Waals surface area contributed by atoms with E-state index in [2.05, 4.69) is 47.0 Å².